The lowest BCUT2D eigenvalue weighted by Crippen LogP contribution is -2.29. The van der Waals surface area contributed by atoms with Gasteiger partial charge in [-0.2, -0.15) is 5.26 Å². The molecule has 1 aromatic carbocycles. The molecule has 0 heterocycles. The predicted octanol–water partition coefficient (Wildman–Crippen LogP) is 1.98. The van der Waals surface area contributed by atoms with Gasteiger partial charge >= 0.3 is 0 Å². The van der Waals surface area contributed by atoms with E-state index in [0.29, 0.717) is 17.9 Å². The zero-order valence-electron chi connectivity index (χ0n) is 10.6. The quantitative estimate of drug-likeness (QED) is 0.881. The van der Waals surface area contributed by atoms with Crippen molar-refractivity contribution in [1.29, 1.82) is 5.26 Å². The van der Waals surface area contributed by atoms with Crippen LogP contribution in [0.2, 0.25) is 0 Å². The van der Waals surface area contributed by atoms with Gasteiger partial charge in [-0.3, -0.25) is 4.79 Å². The first-order valence-electron chi connectivity index (χ1n) is 5.94. The van der Waals surface area contributed by atoms with Crippen LogP contribution in [0.15, 0.2) is 18.2 Å². The molecule has 1 amide bonds. The van der Waals surface area contributed by atoms with Gasteiger partial charge in [-0.05, 0) is 25.0 Å². The summed E-state index contributed by atoms with van der Waals surface area (Å²) in [5.74, 6) is 0.726. The molecule has 18 heavy (non-hydrogen) atoms. The molecule has 1 aliphatic rings. The normalized spacial score (nSPS) is 15.6. The number of nitrogens with zero attached hydrogens (tertiary/aromatic N) is 1. The maximum Gasteiger partial charge on any atom is 0.226 e. The number of amides is 1. The maximum atomic E-state index is 11.8. The molecule has 4 nitrogen and oxygen atoms in total. The molecule has 94 valence electrons. The Labute approximate surface area is 107 Å². The van der Waals surface area contributed by atoms with Crippen molar-refractivity contribution in [3.63, 3.8) is 0 Å². The van der Waals surface area contributed by atoms with Crippen LogP contribution in [0.1, 0.15) is 30.9 Å². The predicted molar refractivity (Wildman–Crippen MR) is 66.9 cm³/mol. The van der Waals surface area contributed by atoms with E-state index in [2.05, 4.69) is 11.4 Å². The van der Waals surface area contributed by atoms with Crippen LogP contribution in [0, 0.1) is 16.7 Å². The molecule has 0 radical (unpaired) electrons. The lowest BCUT2D eigenvalue weighted by molar-refractivity contribution is -0.125. The molecule has 0 atom stereocenters. The second kappa shape index (κ2) is 4.69. The molecule has 0 bridgehead atoms. The summed E-state index contributed by atoms with van der Waals surface area (Å²) in [6, 6.07) is 7.28. The molecule has 1 aliphatic carbocycles. The van der Waals surface area contributed by atoms with E-state index in [-0.39, 0.29) is 11.3 Å². The van der Waals surface area contributed by atoms with Crippen molar-refractivity contribution in [3.05, 3.63) is 29.3 Å². The number of nitrogens with one attached hydrogen (secondary N) is 1. The molecular formula is C14H16N2O2. The number of rotatable bonds is 4. The van der Waals surface area contributed by atoms with Crippen molar-refractivity contribution in [2.24, 2.45) is 5.41 Å². The number of methoxy groups -OCH3 is 1. The lowest BCUT2D eigenvalue weighted by Gasteiger charge is -2.12. The lowest BCUT2D eigenvalue weighted by atomic mass is 10.1. The van der Waals surface area contributed by atoms with E-state index in [1.807, 2.05) is 13.0 Å². The summed E-state index contributed by atoms with van der Waals surface area (Å²) in [5.41, 5.74) is 1.27. The Bertz CT molecular complexity index is 513. The number of hydrogen-bond acceptors (Lipinski definition) is 3. The third-order valence-electron chi connectivity index (χ3n) is 3.40. The van der Waals surface area contributed by atoms with Gasteiger partial charge in [0.1, 0.15) is 5.75 Å². The second-order valence-electron chi connectivity index (χ2n) is 4.88. The van der Waals surface area contributed by atoms with Crippen LogP contribution in [0.5, 0.6) is 5.75 Å². The van der Waals surface area contributed by atoms with Crippen LogP contribution in [0.3, 0.4) is 0 Å². The topological polar surface area (TPSA) is 62.1 Å². The van der Waals surface area contributed by atoms with Gasteiger partial charge < -0.3 is 10.1 Å². The van der Waals surface area contributed by atoms with Gasteiger partial charge in [0.15, 0.2) is 0 Å². The van der Waals surface area contributed by atoms with Crippen LogP contribution >= 0.6 is 0 Å². The Hall–Kier alpha value is -2.02. The first-order valence-corrected chi connectivity index (χ1v) is 5.94. The van der Waals surface area contributed by atoms with Crippen LogP contribution in [0.25, 0.3) is 0 Å². The van der Waals surface area contributed by atoms with Crippen molar-refractivity contribution < 1.29 is 9.53 Å². The fourth-order valence-electron chi connectivity index (χ4n) is 1.76. The highest BCUT2D eigenvalue weighted by Crippen LogP contribution is 2.45. The first-order chi connectivity index (χ1) is 8.59. The molecule has 0 spiro atoms. The number of carbonyl (C=O) groups is 1. The van der Waals surface area contributed by atoms with E-state index in [9.17, 15) is 4.79 Å². The highest BCUT2D eigenvalue weighted by Gasteiger charge is 2.44. The van der Waals surface area contributed by atoms with Gasteiger partial charge in [-0.25, -0.2) is 0 Å². The van der Waals surface area contributed by atoms with Crippen LogP contribution in [-0.4, -0.2) is 13.0 Å². The van der Waals surface area contributed by atoms with Crippen LogP contribution in [0.4, 0.5) is 0 Å². The summed E-state index contributed by atoms with van der Waals surface area (Å²) in [4.78, 5) is 11.8. The largest absolute Gasteiger partial charge is 0.496 e. The molecule has 1 N–H and O–H groups in total. The minimum absolute atomic E-state index is 0.0916. The van der Waals surface area contributed by atoms with Crippen molar-refractivity contribution in [3.8, 4) is 11.8 Å². The van der Waals surface area contributed by atoms with Gasteiger partial charge in [-0.15, -0.1) is 0 Å². The summed E-state index contributed by atoms with van der Waals surface area (Å²) in [6.45, 7) is 2.40. The zero-order chi connectivity index (χ0) is 13.2. The van der Waals surface area contributed by atoms with E-state index in [1.54, 1.807) is 19.2 Å². The summed E-state index contributed by atoms with van der Waals surface area (Å²) < 4.78 is 5.22. The molecule has 1 fully saturated rings. The fraction of sp³-hybridized carbons (Fsp3) is 0.429. The van der Waals surface area contributed by atoms with Gasteiger partial charge in [-0.1, -0.05) is 13.0 Å². The molecule has 0 aromatic heterocycles. The first kappa shape index (κ1) is 12.4. The van der Waals surface area contributed by atoms with Gasteiger partial charge in [0, 0.05) is 17.5 Å². The van der Waals surface area contributed by atoms with Crippen LogP contribution < -0.4 is 10.1 Å². The van der Waals surface area contributed by atoms with Crippen molar-refractivity contribution in [1.82, 2.24) is 5.32 Å². The van der Waals surface area contributed by atoms with E-state index < -0.39 is 0 Å². The highest BCUT2D eigenvalue weighted by molar-refractivity contribution is 5.84. The van der Waals surface area contributed by atoms with Gasteiger partial charge in [0.05, 0.1) is 18.7 Å². The highest BCUT2D eigenvalue weighted by atomic mass is 16.5. The fourth-order valence-corrected chi connectivity index (χ4v) is 1.76. The van der Waals surface area contributed by atoms with Gasteiger partial charge in [0.2, 0.25) is 5.91 Å². The number of ether oxygens (including phenoxy) is 1. The molecule has 2 rings (SSSR count). The minimum atomic E-state index is -0.167. The minimum Gasteiger partial charge on any atom is -0.496 e. The van der Waals surface area contributed by atoms with Crippen molar-refractivity contribution >= 4 is 5.91 Å². The Kier molecular flexibility index (Phi) is 3.24. The second-order valence-corrected chi connectivity index (χ2v) is 4.88. The third kappa shape index (κ3) is 2.45. The number of benzene rings is 1. The Morgan fingerprint density at radius 3 is 2.83 bits per heavy atom. The van der Waals surface area contributed by atoms with E-state index in [0.717, 1.165) is 18.4 Å². The number of hydrogen-bond donors (Lipinski definition) is 1. The Morgan fingerprint density at radius 2 is 2.28 bits per heavy atom. The third-order valence-corrected chi connectivity index (χ3v) is 3.40. The Morgan fingerprint density at radius 1 is 1.56 bits per heavy atom. The molecule has 1 aromatic rings. The summed E-state index contributed by atoms with van der Waals surface area (Å²) in [6.07, 6.45) is 1.92. The maximum absolute atomic E-state index is 11.8. The molecule has 0 saturated heterocycles. The average Bonchev–Trinajstić information content (AvgIpc) is 3.15. The average molecular weight is 244 g/mol. The molecule has 4 heteroatoms. The Balaban J connectivity index is 2.05. The standard InChI is InChI=1S/C14H16N2O2/c1-14(5-6-14)13(17)16-9-11-4-3-10(8-15)7-12(11)18-2/h3-4,7H,5-6,9H2,1-2H3,(H,16,17). The molecule has 0 unspecified atom stereocenters. The van der Waals surface area contributed by atoms with Gasteiger partial charge in [0.25, 0.3) is 0 Å². The molecular weight excluding hydrogens is 228 g/mol. The SMILES string of the molecule is COc1cc(C#N)ccc1CNC(=O)C1(C)CC1. The molecule has 0 aliphatic heterocycles. The summed E-state index contributed by atoms with van der Waals surface area (Å²) >= 11 is 0. The molecule has 1 saturated carbocycles. The summed E-state index contributed by atoms with van der Waals surface area (Å²) in [5, 5.41) is 11.7. The number of nitriles is 1. The van der Waals surface area contributed by atoms with Crippen molar-refractivity contribution in [2.45, 2.75) is 26.3 Å². The number of carbonyl (C=O) groups excluding carboxylic acids is 1. The van der Waals surface area contributed by atoms with E-state index in [1.165, 1.54) is 0 Å². The monoisotopic (exact) mass is 244 g/mol. The summed E-state index contributed by atoms with van der Waals surface area (Å²) in [7, 11) is 1.56. The van der Waals surface area contributed by atoms with E-state index in [4.69, 9.17) is 10.00 Å². The zero-order valence-corrected chi connectivity index (χ0v) is 10.6. The van der Waals surface area contributed by atoms with E-state index >= 15 is 0 Å². The van der Waals surface area contributed by atoms with Crippen LogP contribution in [-0.2, 0) is 11.3 Å². The van der Waals surface area contributed by atoms with Crippen molar-refractivity contribution in [2.75, 3.05) is 7.11 Å². The smallest absolute Gasteiger partial charge is 0.226 e.